The number of amides is 1. The zero-order chi connectivity index (χ0) is 21.9. The summed E-state index contributed by atoms with van der Waals surface area (Å²) < 4.78 is 27.3. The number of hydrogen-bond acceptors (Lipinski definition) is 4. The number of aromatic nitrogens is 2. The predicted octanol–water partition coefficient (Wildman–Crippen LogP) is 3.85. The van der Waals surface area contributed by atoms with Crippen LogP contribution in [0.15, 0.2) is 57.9 Å². The normalized spacial score (nSPS) is 14.0. The average Bonchev–Trinajstić information content (AvgIpc) is 3.15. The Bertz CT molecular complexity index is 1100. The lowest BCUT2D eigenvalue weighted by Gasteiger charge is -2.24. The van der Waals surface area contributed by atoms with E-state index in [1.807, 2.05) is 38.1 Å². The zero-order valence-corrected chi connectivity index (χ0v) is 19.5. The maximum Gasteiger partial charge on any atom is 0.243 e. The van der Waals surface area contributed by atoms with Crippen LogP contribution in [-0.4, -0.2) is 42.2 Å². The summed E-state index contributed by atoms with van der Waals surface area (Å²) in [5.74, 6) is 0.393. The van der Waals surface area contributed by atoms with Crippen LogP contribution < -0.4 is 5.32 Å². The van der Waals surface area contributed by atoms with Crippen molar-refractivity contribution in [3.05, 3.63) is 58.8 Å². The quantitative estimate of drug-likeness (QED) is 0.499. The molecule has 0 aliphatic heterocycles. The van der Waals surface area contributed by atoms with E-state index in [0.717, 1.165) is 26.2 Å². The number of sulfonamides is 1. The van der Waals surface area contributed by atoms with Crippen molar-refractivity contribution in [2.75, 3.05) is 13.6 Å². The van der Waals surface area contributed by atoms with Gasteiger partial charge in [-0.3, -0.25) is 4.79 Å². The van der Waals surface area contributed by atoms with Crippen molar-refractivity contribution >= 4 is 42.9 Å². The number of para-hydroxylation sites is 2. The third kappa shape index (κ3) is 4.91. The van der Waals surface area contributed by atoms with Gasteiger partial charge in [-0.1, -0.05) is 48.3 Å². The summed E-state index contributed by atoms with van der Waals surface area (Å²) in [6.07, 6.45) is 0.828. The molecular weight excluding hydrogens is 468 g/mol. The molecule has 0 aliphatic carbocycles. The summed E-state index contributed by atoms with van der Waals surface area (Å²) >= 11 is 3.29. The maximum absolute atomic E-state index is 12.8. The van der Waals surface area contributed by atoms with E-state index in [2.05, 4.69) is 31.2 Å². The van der Waals surface area contributed by atoms with Crippen LogP contribution in [0.25, 0.3) is 11.0 Å². The third-order valence-corrected chi connectivity index (χ3v) is 7.47. The molecular formula is C21H25BrN4O3S. The van der Waals surface area contributed by atoms with Gasteiger partial charge >= 0.3 is 0 Å². The number of carbonyl (C=O) groups is 1. The number of rotatable bonds is 8. The standard InChI is InChI=1S/C21H25BrN4O3S/c1-4-14(2)20(21-23-17-7-5-6-8-18(17)24-21)25-19(27)13-26(3)30(28,29)16-11-9-15(22)10-12-16/h5-12,14,20H,4,13H2,1-3H3,(H,23,24)(H,25,27). The smallest absolute Gasteiger partial charge is 0.243 e. The topological polar surface area (TPSA) is 95.2 Å². The van der Waals surface area contributed by atoms with Gasteiger partial charge in [-0.05, 0) is 42.3 Å². The van der Waals surface area contributed by atoms with Crippen LogP contribution >= 0.6 is 15.9 Å². The molecule has 0 radical (unpaired) electrons. The van der Waals surface area contributed by atoms with Crippen LogP contribution in [0.4, 0.5) is 0 Å². The Morgan fingerprint density at radius 1 is 1.20 bits per heavy atom. The van der Waals surface area contributed by atoms with Crippen LogP contribution in [0, 0.1) is 5.92 Å². The lowest BCUT2D eigenvalue weighted by molar-refractivity contribution is -0.122. The molecule has 2 unspecified atom stereocenters. The minimum atomic E-state index is -3.77. The fourth-order valence-electron chi connectivity index (χ4n) is 3.13. The number of benzene rings is 2. The Morgan fingerprint density at radius 2 is 1.87 bits per heavy atom. The van der Waals surface area contributed by atoms with Crippen LogP contribution in [0.2, 0.25) is 0 Å². The number of aromatic amines is 1. The summed E-state index contributed by atoms with van der Waals surface area (Å²) in [6.45, 7) is 3.78. The van der Waals surface area contributed by atoms with E-state index in [1.54, 1.807) is 12.1 Å². The van der Waals surface area contributed by atoms with Gasteiger partial charge in [0.1, 0.15) is 5.82 Å². The second-order valence-corrected chi connectivity index (χ2v) is 10.2. The van der Waals surface area contributed by atoms with Crippen LogP contribution in [-0.2, 0) is 14.8 Å². The fourth-order valence-corrected chi connectivity index (χ4v) is 4.52. The van der Waals surface area contributed by atoms with E-state index in [0.29, 0.717) is 5.82 Å². The van der Waals surface area contributed by atoms with E-state index >= 15 is 0 Å². The molecule has 0 fully saturated rings. The van der Waals surface area contributed by atoms with Crippen molar-refractivity contribution in [2.45, 2.75) is 31.2 Å². The molecule has 30 heavy (non-hydrogen) atoms. The summed E-state index contributed by atoms with van der Waals surface area (Å²) in [6, 6.07) is 13.6. The van der Waals surface area contributed by atoms with Crippen molar-refractivity contribution < 1.29 is 13.2 Å². The van der Waals surface area contributed by atoms with Crippen LogP contribution in [0.3, 0.4) is 0 Å². The molecule has 0 bridgehead atoms. The van der Waals surface area contributed by atoms with E-state index in [4.69, 9.17) is 0 Å². The molecule has 3 aromatic rings. The monoisotopic (exact) mass is 492 g/mol. The molecule has 1 amide bonds. The Labute approximate surface area is 185 Å². The van der Waals surface area contributed by atoms with Gasteiger partial charge in [-0.25, -0.2) is 13.4 Å². The third-order valence-electron chi connectivity index (χ3n) is 5.12. The Kier molecular flexibility index (Phi) is 6.95. The number of carbonyl (C=O) groups excluding carboxylic acids is 1. The lowest BCUT2D eigenvalue weighted by atomic mass is 9.98. The van der Waals surface area contributed by atoms with Gasteiger partial charge < -0.3 is 10.3 Å². The van der Waals surface area contributed by atoms with Crippen LogP contribution in [0.1, 0.15) is 32.1 Å². The van der Waals surface area contributed by atoms with Gasteiger partial charge in [-0.2, -0.15) is 4.31 Å². The fraction of sp³-hybridized carbons (Fsp3) is 0.333. The van der Waals surface area contributed by atoms with Crippen LogP contribution in [0.5, 0.6) is 0 Å². The molecule has 1 heterocycles. The molecule has 160 valence electrons. The van der Waals surface area contributed by atoms with E-state index in [-0.39, 0.29) is 29.3 Å². The number of halogens is 1. The number of nitrogens with zero attached hydrogens (tertiary/aromatic N) is 2. The molecule has 1 aromatic heterocycles. The van der Waals surface area contributed by atoms with Gasteiger partial charge in [-0.15, -0.1) is 0 Å². The van der Waals surface area contributed by atoms with Gasteiger partial charge in [0.25, 0.3) is 0 Å². The summed E-state index contributed by atoms with van der Waals surface area (Å²) in [7, 11) is -2.37. The molecule has 2 N–H and O–H groups in total. The Hall–Kier alpha value is -2.23. The van der Waals surface area contributed by atoms with Crippen molar-refractivity contribution in [3.63, 3.8) is 0 Å². The first-order valence-electron chi connectivity index (χ1n) is 9.68. The van der Waals surface area contributed by atoms with Gasteiger partial charge in [0.15, 0.2) is 0 Å². The molecule has 2 aromatic carbocycles. The minimum absolute atomic E-state index is 0.114. The first-order chi connectivity index (χ1) is 14.2. The lowest BCUT2D eigenvalue weighted by Crippen LogP contribution is -2.41. The Morgan fingerprint density at radius 3 is 2.50 bits per heavy atom. The largest absolute Gasteiger partial charge is 0.345 e. The first kappa shape index (κ1) is 22.5. The second kappa shape index (κ2) is 9.28. The summed E-state index contributed by atoms with van der Waals surface area (Å²) in [5.41, 5.74) is 1.72. The van der Waals surface area contributed by atoms with Crippen molar-refractivity contribution in [2.24, 2.45) is 5.92 Å². The van der Waals surface area contributed by atoms with E-state index in [1.165, 1.54) is 19.2 Å². The first-order valence-corrected chi connectivity index (χ1v) is 11.9. The van der Waals surface area contributed by atoms with Gasteiger partial charge in [0, 0.05) is 11.5 Å². The predicted molar refractivity (Wildman–Crippen MR) is 120 cm³/mol. The number of hydrogen-bond donors (Lipinski definition) is 2. The molecule has 0 saturated carbocycles. The average molecular weight is 493 g/mol. The Balaban J connectivity index is 1.76. The highest BCUT2D eigenvalue weighted by atomic mass is 79.9. The SMILES string of the molecule is CCC(C)C(NC(=O)CN(C)S(=O)(=O)c1ccc(Br)cc1)c1nc2ccccc2[nH]1. The highest BCUT2D eigenvalue weighted by Crippen LogP contribution is 2.25. The number of imidazole rings is 1. The van der Waals surface area contributed by atoms with Gasteiger partial charge in [0.05, 0.1) is 28.5 Å². The van der Waals surface area contributed by atoms with E-state index in [9.17, 15) is 13.2 Å². The second-order valence-electron chi connectivity index (χ2n) is 7.28. The number of nitrogens with one attached hydrogen (secondary N) is 2. The highest BCUT2D eigenvalue weighted by molar-refractivity contribution is 9.10. The molecule has 9 heteroatoms. The molecule has 0 spiro atoms. The number of H-pyrrole nitrogens is 1. The van der Waals surface area contributed by atoms with Crippen molar-refractivity contribution in [1.82, 2.24) is 19.6 Å². The number of likely N-dealkylation sites (N-methyl/N-ethyl adjacent to an activating group) is 1. The molecule has 7 nitrogen and oxygen atoms in total. The summed E-state index contributed by atoms with van der Waals surface area (Å²) in [4.78, 5) is 20.8. The highest BCUT2D eigenvalue weighted by Gasteiger charge is 2.27. The van der Waals surface area contributed by atoms with Crippen molar-refractivity contribution in [3.8, 4) is 0 Å². The summed E-state index contributed by atoms with van der Waals surface area (Å²) in [5, 5.41) is 2.96. The molecule has 0 aliphatic rings. The van der Waals surface area contributed by atoms with Gasteiger partial charge in [0.2, 0.25) is 15.9 Å². The number of fused-ring (bicyclic) bond motifs is 1. The maximum atomic E-state index is 12.8. The van der Waals surface area contributed by atoms with E-state index < -0.39 is 10.0 Å². The molecule has 2 atom stereocenters. The zero-order valence-electron chi connectivity index (χ0n) is 17.1. The molecule has 3 rings (SSSR count). The molecule has 0 saturated heterocycles. The van der Waals surface area contributed by atoms with Crippen molar-refractivity contribution in [1.29, 1.82) is 0 Å². The minimum Gasteiger partial charge on any atom is -0.345 e.